The molecule has 1 aromatic carbocycles. The van der Waals surface area contributed by atoms with E-state index in [1.807, 2.05) is 25.1 Å². The molecule has 0 heterocycles. The number of benzene rings is 1. The molecule has 0 bridgehead atoms. The quantitative estimate of drug-likeness (QED) is 0.500. The fourth-order valence-electron chi connectivity index (χ4n) is 1.88. The molecule has 128 valence electrons. The van der Waals surface area contributed by atoms with Crippen LogP contribution in [0.4, 0.5) is 5.69 Å². The van der Waals surface area contributed by atoms with E-state index in [0.29, 0.717) is 37.0 Å². The summed E-state index contributed by atoms with van der Waals surface area (Å²) in [6.07, 6.45) is 1.33. The van der Waals surface area contributed by atoms with Crippen LogP contribution in [-0.4, -0.2) is 46.2 Å². The molecule has 1 aromatic rings. The molecule has 0 atom stereocenters. The molecule has 0 aliphatic carbocycles. The van der Waals surface area contributed by atoms with E-state index in [1.54, 1.807) is 21.3 Å². The lowest BCUT2D eigenvalue weighted by atomic mass is 10.2. The van der Waals surface area contributed by atoms with Crippen LogP contribution < -0.4 is 25.4 Å². The van der Waals surface area contributed by atoms with Gasteiger partial charge in [-0.2, -0.15) is 0 Å². The molecule has 7 nitrogen and oxygen atoms in total. The minimum Gasteiger partial charge on any atom is -0.493 e. The fraction of sp³-hybridized carbons (Fsp3) is 0.500. The van der Waals surface area contributed by atoms with Crippen molar-refractivity contribution in [1.29, 1.82) is 0 Å². The van der Waals surface area contributed by atoms with Crippen LogP contribution in [0.2, 0.25) is 0 Å². The van der Waals surface area contributed by atoms with Crippen LogP contribution in [-0.2, 0) is 4.79 Å². The Labute approximate surface area is 137 Å². The Hall–Kier alpha value is -2.44. The van der Waals surface area contributed by atoms with Crippen LogP contribution in [0.1, 0.15) is 19.8 Å². The molecule has 0 spiro atoms. The third-order valence-corrected chi connectivity index (χ3v) is 3.09. The first-order chi connectivity index (χ1) is 11.1. The highest BCUT2D eigenvalue weighted by Crippen LogP contribution is 2.29. The molecule has 7 heteroatoms. The smallest absolute Gasteiger partial charge is 0.221 e. The summed E-state index contributed by atoms with van der Waals surface area (Å²) in [5.74, 6) is 1.90. The third-order valence-electron chi connectivity index (χ3n) is 3.09. The van der Waals surface area contributed by atoms with Crippen LogP contribution >= 0.6 is 0 Å². The van der Waals surface area contributed by atoms with Crippen molar-refractivity contribution >= 4 is 17.6 Å². The largest absolute Gasteiger partial charge is 0.493 e. The Morgan fingerprint density at radius 2 is 1.87 bits per heavy atom. The second kappa shape index (κ2) is 10.3. The number of carbonyl (C=O) groups excluding carboxylic acids is 1. The minimum atomic E-state index is 0.0286. The zero-order valence-electron chi connectivity index (χ0n) is 14.2. The monoisotopic (exact) mass is 322 g/mol. The van der Waals surface area contributed by atoms with Crippen LogP contribution in [0, 0.1) is 0 Å². The van der Waals surface area contributed by atoms with Crippen LogP contribution in [0.15, 0.2) is 23.2 Å². The number of rotatable bonds is 8. The van der Waals surface area contributed by atoms with E-state index in [9.17, 15) is 4.79 Å². The first-order valence-corrected chi connectivity index (χ1v) is 7.61. The van der Waals surface area contributed by atoms with Gasteiger partial charge in [0.15, 0.2) is 17.5 Å². The highest BCUT2D eigenvalue weighted by molar-refractivity contribution is 5.94. The molecule has 23 heavy (non-hydrogen) atoms. The zero-order chi connectivity index (χ0) is 17.1. The van der Waals surface area contributed by atoms with Gasteiger partial charge in [-0.05, 0) is 18.6 Å². The molecular weight excluding hydrogens is 296 g/mol. The van der Waals surface area contributed by atoms with Gasteiger partial charge in [-0.1, -0.05) is 6.92 Å². The predicted molar refractivity (Wildman–Crippen MR) is 92.4 cm³/mol. The molecule has 0 aliphatic heterocycles. The van der Waals surface area contributed by atoms with E-state index in [2.05, 4.69) is 20.9 Å². The van der Waals surface area contributed by atoms with Gasteiger partial charge in [0.2, 0.25) is 5.91 Å². The summed E-state index contributed by atoms with van der Waals surface area (Å²) in [6, 6.07) is 5.49. The highest BCUT2D eigenvalue weighted by Gasteiger charge is 2.06. The van der Waals surface area contributed by atoms with Crippen molar-refractivity contribution in [2.24, 2.45) is 4.99 Å². The molecule has 0 fully saturated rings. The van der Waals surface area contributed by atoms with Gasteiger partial charge in [0.05, 0.1) is 14.2 Å². The maximum Gasteiger partial charge on any atom is 0.221 e. The summed E-state index contributed by atoms with van der Waals surface area (Å²) < 4.78 is 10.5. The maximum absolute atomic E-state index is 11.5. The molecule has 0 radical (unpaired) electrons. The summed E-state index contributed by atoms with van der Waals surface area (Å²) in [6.45, 7) is 3.23. The van der Waals surface area contributed by atoms with Gasteiger partial charge < -0.3 is 25.4 Å². The number of aliphatic imine (C=N–C) groups is 1. The normalized spacial score (nSPS) is 10.9. The molecule has 0 aromatic heterocycles. The lowest BCUT2D eigenvalue weighted by Crippen LogP contribution is -2.34. The van der Waals surface area contributed by atoms with Gasteiger partial charge in [0, 0.05) is 38.3 Å². The van der Waals surface area contributed by atoms with Gasteiger partial charge in [-0.25, -0.2) is 0 Å². The van der Waals surface area contributed by atoms with E-state index in [4.69, 9.17) is 9.47 Å². The van der Waals surface area contributed by atoms with Crippen molar-refractivity contribution in [3.8, 4) is 11.5 Å². The van der Waals surface area contributed by atoms with Crippen LogP contribution in [0.3, 0.4) is 0 Å². The van der Waals surface area contributed by atoms with Gasteiger partial charge in [-0.3, -0.25) is 9.79 Å². The van der Waals surface area contributed by atoms with Gasteiger partial charge in [0.1, 0.15) is 0 Å². The average Bonchev–Trinajstić information content (AvgIpc) is 2.58. The SMILES string of the molecule is CCCNC(=O)CCNC(=NC)Nc1ccc(OC)c(OC)c1. The first-order valence-electron chi connectivity index (χ1n) is 7.61. The standard InChI is InChI=1S/C16H26N4O3/c1-5-9-18-15(21)8-10-19-16(17-2)20-12-6-7-13(22-3)14(11-12)23-4/h6-7,11H,5,8-10H2,1-4H3,(H,18,21)(H2,17,19,20). The number of ether oxygens (including phenoxy) is 2. The van der Waals surface area contributed by atoms with E-state index in [-0.39, 0.29) is 5.91 Å². The molecule has 0 saturated heterocycles. The van der Waals surface area contributed by atoms with Crippen molar-refractivity contribution < 1.29 is 14.3 Å². The van der Waals surface area contributed by atoms with E-state index < -0.39 is 0 Å². The summed E-state index contributed by atoms with van der Waals surface area (Å²) in [5, 5.41) is 9.07. The molecule has 0 unspecified atom stereocenters. The van der Waals surface area contributed by atoms with E-state index in [0.717, 1.165) is 12.1 Å². The number of anilines is 1. The Bertz CT molecular complexity index is 532. The molecule has 1 amide bonds. The topological polar surface area (TPSA) is 84.0 Å². The number of carbonyl (C=O) groups is 1. The van der Waals surface area contributed by atoms with Crippen LogP contribution in [0.5, 0.6) is 11.5 Å². The first kappa shape index (κ1) is 18.6. The van der Waals surface area contributed by atoms with Crippen molar-refractivity contribution in [3.63, 3.8) is 0 Å². The second-order valence-corrected chi connectivity index (χ2v) is 4.79. The summed E-state index contributed by atoms with van der Waals surface area (Å²) in [4.78, 5) is 15.7. The number of hydrogen-bond acceptors (Lipinski definition) is 4. The Balaban J connectivity index is 2.52. The lowest BCUT2D eigenvalue weighted by Gasteiger charge is -2.14. The van der Waals surface area contributed by atoms with Crippen molar-refractivity contribution in [2.75, 3.05) is 39.7 Å². The van der Waals surface area contributed by atoms with E-state index >= 15 is 0 Å². The second-order valence-electron chi connectivity index (χ2n) is 4.79. The minimum absolute atomic E-state index is 0.0286. The summed E-state index contributed by atoms with van der Waals surface area (Å²) in [7, 11) is 4.85. The fourth-order valence-corrected chi connectivity index (χ4v) is 1.88. The number of hydrogen-bond donors (Lipinski definition) is 3. The molecule has 3 N–H and O–H groups in total. The Morgan fingerprint density at radius 3 is 2.48 bits per heavy atom. The van der Waals surface area contributed by atoms with Crippen molar-refractivity contribution in [1.82, 2.24) is 10.6 Å². The lowest BCUT2D eigenvalue weighted by molar-refractivity contribution is -0.120. The van der Waals surface area contributed by atoms with E-state index in [1.165, 1.54) is 0 Å². The molecule has 1 rings (SSSR count). The summed E-state index contributed by atoms with van der Waals surface area (Å²) in [5.41, 5.74) is 0.811. The van der Waals surface area contributed by atoms with Gasteiger partial charge in [0.25, 0.3) is 0 Å². The highest BCUT2D eigenvalue weighted by atomic mass is 16.5. The number of nitrogens with one attached hydrogen (secondary N) is 3. The van der Waals surface area contributed by atoms with Crippen molar-refractivity contribution in [2.45, 2.75) is 19.8 Å². The maximum atomic E-state index is 11.5. The molecule has 0 aliphatic rings. The zero-order valence-corrected chi connectivity index (χ0v) is 14.2. The number of methoxy groups -OCH3 is 2. The average molecular weight is 322 g/mol. The Kier molecular flexibility index (Phi) is 8.34. The molecule has 0 saturated carbocycles. The predicted octanol–water partition coefficient (Wildman–Crippen LogP) is 1.61. The number of amides is 1. The van der Waals surface area contributed by atoms with Crippen molar-refractivity contribution in [3.05, 3.63) is 18.2 Å². The number of nitrogens with zero attached hydrogens (tertiary/aromatic N) is 1. The third kappa shape index (κ3) is 6.46. The number of guanidine groups is 1. The molecular formula is C16H26N4O3. The summed E-state index contributed by atoms with van der Waals surface area (Å²) >= 11 is 0. The van der Waals surface area contributed by atoms with Crippen LogP contribution in [0.25, 0.3) is 0 Å². The van der Waals surface area contributed by atoms with Gasteiger partial charge >= 0.3 is 0 Å². The Morgan fingerprint density at radius 1 is 1.13 bits per heavy atom. The van der Waals surface area contributed by atoms with Gasteiger partial charge in [-0.15, -0.1) is 0 Å².